The Balaban J connectivity index is 4.35. The summed E-state index contributed by atoms with van der Waals surface area (Å²) in [7, 11) is 6.10. The summed E-state index contributed by atoms with van der Waals surface area (Å²) >= 11 is 0. The van der Waals surface area contributed by atoms with Crippen molar-refractivity contribution in [2.45, 2.75) is 85.4 Å². The van der Waals surface area contributed by atoms with Gasteiger partial charge < -0.3 is 0 Å². The minimum absolute atomic E-state index is 0.0965. The van der Waals surface area contributed by atoms with Crippen LogP contribution in [0.15, 0.2) is 12.2 Å². The second-order valence-corrected chi connectivity index (χ2v) is 7.20. The van der Waals surface area contributed by atoms with Crippen LogP contribution in [-0.2, 0) is 0 Å². The maximum atomic E-state index is 6.10. The molecule has 0 rings (SSSR count). The van der Waals surface area contributed by atoms with Crippen molar-refractivity contribution in [2.24, 2.45) is 17.8 Å². The van der Waals surface area contributed by atoms with Gasteiger partial charge in [0.15, 0.2) is 0 Å². The molecular formula is C20H35B. The van der Waals surface area contributed by atoms with Gasteiger partial charge >= 0.3 is 0 Å². The van der Waals surface area contributed by atoms with E-state index in [1.54, 1.807) is 0 Å². The van der Waals surface area contributed by atoms with E-state index in [1.807, 2.05) is 6.08 Å². The third-order valence-electron chi connectivity index (χ3n) is 4.25. The quantitative estimate of drug-likeness (QED) is 0.350. The standard InChI is InChI=1S/C20H35B/c1-7-17(4)14-15-18(8-2)12-10-11-13-19(9-3)16-20(5,6)21/h11,13,17-19H,7-9,14-16H2,1-6H3/b13-11+. The smallest absolute Gasteiger partial charge is 0.0739 e. The van der Waals surface area contributed by atoms with E-state index >= 15 is 0 Å². The zero-order valence-electron chi connectivity index (χ0n) is 15.2. The lowest BCUT2D eigenvalue weighted by Crippen LogP contribution is -2.08. The summed E-state index contributed by atoms with van der Waals surface area (Å²) in [5, 5.41) is -0.0965. The van der Waals surface area contributed by atoms with Crippen LogP contribution in [0.1, 0.15) is 80.1 Å². The van der Waals surface area contributed by atoms with Crippen molar-refractivity contribution in [3.8, 4) is 11.8 Å². The predicted molar refractivity (Wildman–Crippen MR) is 97.6 cm³/mol. The average molecular weight is 286 g/mol. The summed E-state index contributed by atoms with van der Waals surface area (Å²) in [6.45, 7) is 13.2. The molecule has 0 saturated carbocycles. The topological polar surface area (TPSA) is 0 Å². The Morgan fingerprint density at radius 1 is 1.05 bits per heavy atom. The fourth-order valence-corrected chi connectivity index (χ4v) is 2.44. The van der Waals surface area contributed by atoms with Crippen LogP contribution >= 0.6 is 0 Å². The van der Waals surface area contributed by atoms with Crippen LogP contribution in [0.3, 0.4) is 0 Å². The molecule has 0 nitrogen and oxygen atoms in total. The minimum Gasteiger partial charge on any atom is -0.0951 e. The monoisotopic (exact) mass is 286 g/mol. The highest BCUT2D eigenvalue weighted by atomic mass is 14.2. The molecule has 0 saturated heterocycles. The molecule has 0 heterocycles. The van der Waals surface area contributed by atoms with Gasteiger partial charge in [-0.15, -0.1) is 0 Å². The van der Waals surface area contributed by atoms with Crippen LogP contribution in [0.4, 0.5) is 0 Å². The van der Waals surface area contributed by atoms with Crippen LogP contribution in [0.2, 0.25) is 5.31 Å². The molecule has 0 bridgehead atoms. The molecule has 118 valence electrons. The largest absolute Gasteiger partial charge is 0.0951 e. The predicted octanol–water partition coefficient (Wildman–Crippen LogP) is 6.18. The van der Waals surface area contributed by atoms with Gasteiger partial charge in [0.2, 0.25) is 0 Å². The molecule has 3 atom stereocenters. The van der Waals surface area contributed by atoms with E-state index in [0.717, 1.165) is 25.2 Å². The average Bonchev–Trinajstić information content (AvgIpc) is 2.43. The summed E-state index contributed by atoms with van der Waals surface area (Å²) in [6, 6.07) is 0. The van der Waals surface area contributed by atoms with Gasteiger partial charge in [0.1, 0.15) is 0 Å². The molecule has 0 fully saturated rings. The SMILES string of the molecule is [B]C(C)(C)CC(/C=C/C#CC(CC)CCC(C)CC)CC. The van der Waals surface area contributed by atoms with Crippen LogP contribution in [0.5, 0.6) is 0 Å². The molecule has 1 heteroatoms. The third kappa shape index (κ3) is 11.7. The van der Waals surface area contributed by atoms with Crippen molar-refractivity contribution >= 4 is 7.85 Å². The third-order valence-corrected chi connectivity index (χ3v) is 4.25. The van der Waals surface area contributed by atoms with Gasteiger partial charge in [0, 0.05) is 5.92 Å². The minimum atomic E-state index is -0.0965. The summed E-state index contributed by atoms with van der Waals surface area (Å²) in [4.78, 5) is 0. The summed E-state index contributed by atoms with van der Waals surface area (Å²) in [6.07, 6.45) is 11.4. The van der Waals surface area contributed by atoms with Gasteiger partial charge in [-0.05, 0) is 50.0 Å². The number of hydrogen-bond donors (Lipinski definition) is 0. The molecule has 0 spiro atoms. The van der Waals surface area contributed by atoms with Crippen LogP contribution < -0.4 is 0 Å². The Kier molecular flexibility index (Phi) is 10.7. The fraction of sp³-hybridized carbons (Fsp3) is 0.800. The van der Waals surface area contributed by atoms with Gasteiger partial charge in [-0.3, -0.25) is 0 Å². The maximum absolute atomic E-state index is 6.10. The fourth-order valence-electron chi connectivity index (χ4n) is 2.44. The van der Waals surface area contributed by atoms with Gasteiger partial charge in [0.25, 0.3) is 0 Å². The van der Waals surface area contributed by atoms with E-state index in [9.17, 15) is 0 Å². The zero-order valence-corrected chi connectivity index (χ0v) is 15.2. The second kappa shape index (κ2) is 11.0. The Hall–Kier alpha value is -0.635. The van der Waals surface area contributed by atoms with E-state index in [0.29, 0.717) is 11.8 Å². The van der Waals surface area contributed by atoms with E-state index < -0.39 is 0 Å². The maximum Gasteiger partial charge on any atom is 0.0739 e. The molecule has 0 aliphatic heterocycles. The van der Waals surface area contributed by atoms with E-state index in [4.69, 9.17) is 7.85 Å². The lowest BCUT2D eigenvalue weighted by Gasteiger charge is -2.23. The van der Waals surface area contributed by atoms with E-state index in [1.165, 1.54) is 19.3 Å². The highest BCUT2D eigenvalue weighted by Crippen LogP contribution is 2.30. The lowest BCUT2D eigenvalue weighted by atomic mass is 9.67. The van der Waals surface area contributed by atoms with Crippen molar-refractivity contribution in [1.82, 2.24) is 0 Å². The summed E-state index contributed by atoms with van der Waals surface area (Å²) in [5.41, 5.74) is 0. The summed E-state index contributed by atoms with van der Waals surface area (Å²) in [5.74, 6) is 8.60. The van der Waals surface area contributed by atoms with Crippen molar-refractivity contribution < 1.29 is 0 Å². The first-order chi connectivity index (χ1) is 9.82. The molecule has 21 heavy (non-hydrogen) atoms. The highest BCUT2D eigenvalue weighted by Gasteiger charge is 2.14. The van der Waals surface area contributed by atoms with Crippen molar-refractivity contribution in [3.63, 3.8) is 0 Å². The van der Waals surface area contributed by atoms with Crippen LogP contribution in [0, 0.1) is 29.6 Å². The Morgan fingerprint density at radius 2 is 1.71 bits per heavy atom. The van der Waals surface area contributed by atoms with Crippen LogP contribution in [-0.4, -0.2) is 7.85 Å². The number of hydrogen-bond acceptors (Lipinski definition) is 0. The normalized spacial score (nSPS) is 16.3. The number of rotatable bonds is 9. The van der Waals surface area contributed by atoms with Gasteiger partial charge in [-0.2, -0.15) is 0 Å². The molecular weight excluding hydrogens is 251 g/mol. The molecule has 0 aliphatic rings. The molecule has 2 radical (unpaired) electrons. The van der Waals surface area contributed by atoms with Gasteiger partial charge in [-0.25, -0.2) is 0 Å². The summed E-state index contributed by atoms with van der Waals surface area (Å²) < 4.78 is 0. The second-order valence-electron chi connectivity index (χ2n) is 7.20. The molecule has 3 unspecified atom stereocenters. The Labute approximate surface area is 135 Å². The van der Waals surface area contributed by atoms with Crippen molar-refractivity contribution in [3.05, 3.63) is 12.2 Å². The number of allylic oxidation sites excluding steroid dienone is 2. The first kappa shape index (κ1) is 20.4. The molecule has 0 aromatic heterocycles. The Bertz CT molecular complexity index is 337. The first-order valence-electron chi connectivity index (χ1n) is 8.78. The first-order valence-corrected chi connectivity index (χ1v) is 8.78. The van der Waals surface area contributed by atoms with Gasteiger partial charge in [-0.1, -0.05) is 71.2 Å². The van der Waals surface area contributed by atoms with Gasteiger partial charge in [0.05, 0.1) is 7.85 Å². The molecule has 0 aromatic carbocycles. The molecule has 0 aromatic rings. The van der Waals surface area contributed by atoms with E-state index in [-0.39, 0.29) is 5.31 Å². The van der Waals surface area contributed by atoms with E-state index in [2.05, 4.69) is 59.5 Å². The van der Waals surface area contributed by atoms with Crippen molar-refractivity contribution in [1.29, 1.82) is 0 Å². The zero-order chi connectivity index (χ0) is 16.3. The lowest BCUT2D eigenvalue weighted by molar-refractivity contribution is 0.446. The molecule has 0 amide bonds. The molecule has 0 N–H and O–H groups in total. The highest BCUT2D eigenvalue weighted by molar-refractivity contribution is 6.14. The van der Waals surface area contributed by atoms with Crippen LogP contribution in [0.25, 0.3) is 0 Å². The molecule has 0 aliphatic carbocycles. The van der Waals surface area contributed by atoms with Crippen molar-refractivity contribution in [2.75, 3.05) is 0 Å². The Morgan fingerprint density at radius 3 is 2.19 bits per heavy atom.